The fraction of sp³-hybridized carbons (Fsp3) is 0.833. The molecule has 0 unspecified atom stereocenters. The van der Waals surface area contributed by atoms with Gasteiger partial charge < -0.3 is 5.11 Å². The molecule has 0 saturated carbocycles. The van der Waals surface area contributed by atoms with E-state index in [-0.39, 0.29) is 6.10 Å². The molecular weight excluding hydrogens is 160 g/mol. The Morgan fingerprint density at radius 1 is 1.38 bits per heavy atom. The first kappa shape index (κ1) is 12.7. The first-order valence-electron chi connectivity index (χ1n) is 5.37. The Hall–Kier alpha value is -0.300. The van der Waals surface area contributed by atoms with Gasteiger partial charge in [-0.1, -0.05) is 25.5 Å². The first-order valence-corrected chi connectivity index (χ1v) is 5.37. The van der Waals surface area contributed by atoms with Crippen molar-refractivity contribution in [2.75, 3.05) is 0 Å². The predicted octanol–water partition coefficient (Wildman–Crippen LogP) is 3.53. The van der Waals surface area contributed by atoms with Crippen LogP contribution in [0.3, 0.4) is 0 Å². The minimum atomic E-state index is -0.0956. The lowest BCUT2D eigenvalue weighted by Crippen LogP contribution is -2.09. The summed E-state index contributed by atoms with van der Waals surface area (Å²) in [4.78, 5) is 0. The molecule has 0 spiro atoms. The van der Waals surface area contributed by atoms with Gasteiger partial charge in [0.2, 0.25) is 0 Å². The third-order valence-corrected chi connectivity index (χ3v) is 2.36. The van der Waals surface area contributed by atoms with Crippen LogP contribution >= 0.6 is 0 Å². The number of rotatable bonds is 6. The van der Waals surface area contributed by atoms with Gasteiger partial charge in [0.05, 0.1) is 6.10 Å². The van der Waals surface area contributed by atoms with Crippen LogP contribution in [0.1, 0.15) is 53.4 Å². The molecule has 78 valence electrons. The lowest BCUT2D eigenvalue weighted by Gasteiger charge is -2.13. The molecule has 0 radical (unpaired) electrons. The van der Waals surface area contributed by atoms with E-state index in [1.807, 2.05) is 6.92 Å². The second-order valence-corrected chi connectivity index (χ2v) is 4.26. The Morgan fingerprint density at radius 3 is 2.46 bits per heavy atom. The molecule has 0 heterocycles. The van der Waals surface area contributed by atoms with Crippen LogP contribution in [0.2, 0.25) is 0 Å². The van der Waals surface area contributed by atoms with Gasteiger partial charge >= 0.3 is 0 Å². The molecule has 0 fully saturated rings. The van der Waals surface area contributed by atoms with Gasteiger partial charge in [0, 0.05) is 0 Å². The summed E-state index contributed by atoms with van der Waals surface area (Å²) < 4.78 is 0. The molecule has 0 aliphatic heterocycles. The zero-order valence-electron chi connectivity index (χ0n) is 9.51. The van der Waals surface area contributed by atoms with Gasteiger partial charge in [0.1, 0.15) is 0 Å². The Balaban J connectivity index is 3.51. The van der Waals surface area contributed by atoms with Crippen molar-refractivity contribution in [3.05, 3.63) is 11.6 Å². The van der Waals surface area contributed by atoms with Crippen molar-refractivity contribution in [1.82, 2.24) is 0 Å². The van der Waals surface area contributed by atoms with Crippen LogP contribution in [0.25, 0.3) is 0 Å². The Bertz CT molecular complexity index is 145. The predicted molar refractivity (Wildman–Crippen MR) is 58.7 cm³/mol. The molecule has 0 aromatic heterocycles. The number of hydrogen-bond acceptors (Lipinski definition) is 1. The Labute approximate surface area is 82.9 Å². The van der Waals surface area contributed by atoms with Gasteiger partial charge in [-0.05, 0) is 45.4 Å². The van der Waals surface area contributed by atoms with Crippen molar-refractivity contribution in [2.45, 2.75) is 59.5 Å². The standard InChI is InChI=1S/C12H24O/c1-5-12(13)9-11(4)8-6-7-10(2)3/h7,11-13H,5-6,8-9H2,1-4H3/t11-,12+/m1/s1. The SMILES string of the molecule is CC[C@H](O)C[C@H](C)CCC=C(C)C. The molecule has 1 nitrogen and oxygen atoms in total. The fourth-order valence-corrected chi connectivity index (χ4v) is 1.41. The molecule has 0 bridgehead atoms. The number of aliphatic hydroxyl groups excluding tert-OH is 1. The minimum Gasteiger partial charge on any atom is -0.393 e. The minimum absolute atomic E-state index is 0.0956. The van der Waals surface area contributed by atoms with Crippen molar-refractivity contribution >= 4 is 0 Å². The largest absolute Gasteiger partial charge is 0.393 e. The van der Waals surface area contributed by atoms with Gasteiger partial charge in [-0.3, -0.25) is 0 Å². The number of allylic oxidation sites excluding steroid dienone is 2. The molecule has 0 rings (SSSR count). The lowest BCUT2D eigenvalue weighted by atomic mass is 9.97. The van der Waals surface area contributed by atoms with Gasteiger partial charge in [-0.2, -0.15) is 0 Å². The van der Waals surface area contributed by atoms with E-state index in [9.17, 15) is 5.11 Å². The van der Waals surface area contributed by atoms with Crippen molar-refractivity contribution < 1.29 is 5.11 Å². The van der Waals surface area contributed by atoms with Gasteiger partial charge in [-0.15, -0.1) is 0 Å². The maximum absolute atomic E-state index is 9.42. The molecule has 13 heavy (non-hydrogen) atoms. The maximum Gasteiger partial charge on any atom is 0.0540 e. The van der Waals surface area contributed by atoms with E-state index in [1.165, 1.54) is 12.0 Å². The molecule has 2 atom stereocenters. The quantitative estimate of drug-likeness (QED) is 0.626. The van der Waals surface area contributed by atoms with E-state index in [4.69, 9.17) is 0 Å². The topological polar surface area (TPSA) is 20.2 Å². The summed E-state index contributed by atoms with van der Waals surface area (Å²) in [7, 11) is 0. The van der Waals surface area contributed by atoms with Crippen molar-refractivity contribution in [3.63, 3.8) is 0 Å². The summed E-state index contributed by atoms with van der Waals surface area (Å²) in [5.41, 5.74) is 1.39. The molecule has 0 amide bonds. The summed E-state index contributed by atoms with van der Waals surface area (Å²) >= 11 is 0. The highest BCUT2D eigenvalue weighted by atomic mass is 16.3. The van der Waals surface area contributed by atoms with Crippen LogP contribution in [0.5, 0.6) is 0 Å². The summed E-state index contributed by atoms with van der Waals surface area (Å²) in [6.07, 6.45) is 6.36. The number of hydrogen-bond donors (Lipinski definition) is 1. The monoisotopic (exact) mass is 184 g/mol. The summed E-state index contributed by atoms with van der Waals surface area (Å²) in [6.45, 7) is 8.52. The van der Waals surface area contributed by atoms with Crippen molar-refractivity contribution in [2.24, 2.45) is 5.92 Å². The van der Waals surface area contributed by atoms with E-state index in [0.717, 1.165) is 19.3 Å². The van der Waals surface area contributed by atoms with Crippen LogP contribution in [-0.4, -0.2) is 11.2 Å². The van der Waals surface area contributed by atoms with E-state index in [1.54, 1.807) is 0 Å². The molecule has 0 aromatic carbocycles. The zero-order chi connectivity index (χ0) is 10.3. The van der Waals surface area contributed by atoms with E-state index >= 15 is 0 Å². The summed E-state index contributed by atoms with van der Waals surface area (Å²) in [6, 6.07) is 0. The van der Waals surface area contributed by atoms with Crippen LogP contribution in [0, 0.1) is 5.92 Å². The maximum atomic E-state index is 9.42. The molecule has 1 heteroatoms. The average Bonchev–Trinajstić information content (AvgIpc) is 2.03. The van der Waals surface area contributed by atoms with Gasteiger partial charge in [0.25, 0.3) is 0 Å². The van der Waals surface area contributed by atoms with Crippen molar-refractivity contribution in [3.8, 4) is 0 Å². The molecule has 1 N–H and O–H groups in total. The second kappa shape index (κ2) is 7.14. The third kappa shape index (κ3) is 8.04. The van der Waals surface area contributed by atoms with Gasteiger partial charge in [0.15, 0.2) is 0 Å². The lowest BCUT2D eigenvalue weighted by molar-refractivity contribution is 0.139. The average molecular weight is 184 g/mol. The fourth-order valence-electron chi connectivity index (χ4n) is 1.41. The highest BCUT2D eigenvalue weighted by Gasteiger charge is 2.07. The zero-order valence-corrected chi connectivity index (χ0v) is 9.51. The van der Waals surface area contributed by atoms with E-state index in [2.05, 4.69) is 26.8 Å². The van der Waals surface area contributed by atoms with E-state index < -0.39 is 0 Å². The smallest absolute Gasteiger partial charge is 0.0540 e. The van der Waals surface area contributed by atoms with Crippen LogP contribution in [0.15, 0.2) is 11.6 Å². The summed E-state index contributed by atoms with van der Waals surface area (Å²) in [5.74, 6) is 0.644. The van der Waals surface area contributed by atoms with Crippen molar-refractivity contribution in [1.29, 1.82) is 0 Å². The molecule has 0 aromatic rings. The van der Waals surface area contributed by atoms with Crippen LogP contribution < -0.4 is 0 Å². The third-order valence-electron chi connectivity index (χ3n) is 2.36. The highest BCUT2D eigenvalue weighted by molar-refractivity contribution is 4.92. The molecule has 0 saturated heterocycles. The van der Waals surface area contributed by atoms with Crippen LogP contribution in [0.4, 0.5) is 0 Å². The first-order chi connectivity index (χ1) is 6.06. The van der Waals surface area contributed by atoms with E-state index in [0.29, 0.717) is 5.92 Å². The molecular formula is C12H24O. The van der Waals surface area contributed by atoms with Crippen LogP contribution in [-0.2, 0) is 0 Å². The number of aliphatic hydroxyl groups is 1. The summed E-state index contributed by atoms with van der Waals surface area (Å²) in [5, 5.41) is 9.42. The second-order valence-electron chi connectivity index (χ2n) is 4.26. The normalized spacial score (nSPS) is 15.2. The molecule has 0 aliphatic carbocycles. The molecule has 0 aliphatic rings. The Kier molecular flexibility index (Phi) is 6.97. The highest BCUT2D eigenvalue weighted by Crippen LogP contribution is 2.15. The Morgan fingerprint density at radius 2 is 2.00 bits per heavy atom. The van der Waals surface area contributed by atoms with Gasteiger partial charge in [-0.25, -0.2) is 0 Å².